The number of benzene rings is 1. The molecule has 1 aromatic carbocycles. The number of esters is 1. The summed E-state index contributed by atoms with van der Waals surface area (Å²) < 4.78 is 6.49. The zero-order valence-corrected chi connectivity index (χ0v) is 12.5. The normalized spacial score (nSPS) is 21.9. The van der Waals surface area contributed by atoms with E-state index in [1.807, 2.05) is 42.5 Å². The van der Waals surface area contributed by atoms with Crippen LogP contribution in [0.5, 0.6) is 0 Å². The summed E-state index contributed by atoms with van der Waals surface area (Å²) in [5.41, 5.74) is 0. The molecule has 2 rings (SSSR count). The van der Waals surface area contributed by atoms with Crippen molar-refractivity contribution in [3.8, 4) is 0 Å². The molecular weight excluding hydrogens is 307 g/mol. The monoisotopic (exact) mass is 324 g/mol. The van der Waals surface area contributed by atoms with E-state index in [2.05, 4.69) is 0 Å². The Balaban J connectivity index is 2.04. The molecule has 4 heteroatoms. The van der Waals surface area contributed by atoms with Gasteiger partial charge in [-0.3, -0.25) is 0 Å². The second-order valence-electron chi connectivity index (χ2n) is 4.42. The Labute approximate surface area is 119 Å². The SMILES string of the molecule is CC(=O)OC1C=CCCC1C(=O)[Se]c1ccccc1. The first-order valence-electron chi connectivity index (χ1n) is 6.27. The zero-order chi connectivity index (χ0) is 13.7. The second kappa shape index (κ2) is 6.69. The Hall–Kier alpha value is -1.38. The molecule has 0 aliphatic heterocycles. The molecule has 0 N–H and O–H groups in total. The molecule has 1 aliphatic carbocycles. The van der Waals surface area contributed by atoms with Gasteiger partial charge in [0, 0.05) is 0 Å². The Morgan fingerprint density at radius 2 is 2.00 bits per heavy atom. The van der Waals surface area contributed by atoms with Crippen LogP contribution in [0, 0.1) is 5.92 Å². The van der Waals surface area contributed by atoms with E-state index in [1.165, 1.54) is 6.92 Å². The molecule has 0 fully saturated rings. The van der Waals surface area contributed by atoms with Crippen LogP contribution in [0.25, 0.3) is 0 Å². The molecule has 19 heavy (non-hydrogen) atoms. The van der Waals surface area contributed by atoms with Gasteiger partial charge in [-0.25, -0.2) is 0 Å². The van der Waals surface area contributed by atoms with Crippen molar-refractivity contribution >= 4 is 30.1 Å². The van der Waals surface area contributed by atoms with E-state index in [4.69, 9.17) is 4.74 Å². The van der Waals surface area contributed by atoms with Gasteiger partial charge in [0.15, 0.2) is 0 Å². The first kappa shape index (κ1) is 14.0. The number of hydrogen-bond donors (Lipinski definition) is 0. The van der Waals surface area contributed by atoms with Crippen molar-refractivity contribution in [2.24, 2.45) is 5.92 Å². The van der Waals surface area contributed by atoms with Crippen LogP contribution in [0.15, 0.2) is 42.5 Å². The molecule has 0 radical (unpaired) electrons. The molecule has 1 aliphatic rings. The van der Waals surface area contributed by atoms with Crippen LogP contribution in [0.3, 0.4) is 0 Å². The van der Waals surface area contributed by atoms with Crippen LogP contribution in [0.1, 0.15) is 19.8 Å². The van der Waals surface area contributed by atoms with Crippen molar-refractivity contribution in [3.63, 3.8) is 0 Å². The molecule has 0 aromatic heterocycles. The number of allylic oxidation sites excluding steroid dienone is 1. The topological polar surface area (TPSA) is 43.4 Å². The number of ether oxygens (including phenoxy) is 1. The third kappa shape index (κ3) is 4.05. The summed E-state index contributed by atoms with van der Waals surface area (Å²) in [4.78, 5) is 23.4. The standard InChI is InChI=1S/C15H16O3Se/c1-11(16)18-14-10-6-5-9-13(14)15(17)19-12-7-3-2-4-8-12/h2-4,6-8,10,13-14H,5,9H2,1H3. The maximum atomic E-state index is 12.4. The molecule has 0 spiro atoms. The minimum absolute atomic E-state index is 0.186. The summed E-state index contributed by atoms with van der Waals surface area (Å²) in [5.74, 6) is -0.518. The number of carbonyl (C=O) groups excluding carboxylic acids is 2. The van der Waals surface area contributed by atoms with Crippen LogP contribution in [0.2, 0.25) is 0 Å². The van der Waals surface area contributed by atoms with Crippen molar-refractivity contribution in [1.29, 1.82) is 0 Å². The van der Waals surface area contributed by atoms with Crippen molar-refractivity contribution in [3.05, 3.63) is 42.5 Å². The molecule has 0 heterocycles. The van der Waals surface area contributed by atoms with Crippen molar-refractivity contribution in [1.82, 2.24) is 0 Å². The number of rotatable bonds is 4. The number of carbonyl (C=O) groups is 2. The molecule has 0 amide bonds. The Kier molecular flexibility index (Phi) is 4.94. The van der Waals surface area contributed by atoms with Crippen molar-refractivity contribution in [2.75, 3.05) is 0 Å². The summed E-state index contributed by atoms with van der Waals surface area (Å²) in [6.07, 6.45) is 5.08. The van der Waals surface area contributed by atoms with Crippen LogP contribution >= 0.6 is 0 Å². The van der Waals surface area contributed by atoms with Crippen molar-refractivity contribution in [2.45, 2.75) is 25.9 Å². The summed E-state index contributed by atoms with van der Waals surface area (Å²) in [6, 6.07) is 9.76. The average molecular weight is 323 g/mol. The van der Waals surface area contributed by atoms with E-state index < -0.39 is 0 Å². The van der Waals surface area contributed by atoms with E-state index >= 15 is 0 Å². The van der Waals surface area contributed by atoms with Gasteiger partial charge in [-0.1, -0.05) is 0 Å². The third-order valence-corrected chi connectivity index (χ3v) is 5.06. The van der Waals surface area contributed by atoms with Crippen LogP contribution in [-0.2, 0) is 14.3 Å². The molecule has 100 valence electrons. The van der Waals surface area contributed by atoms with E-state index in [1.54, 1.807) is 0 Å². The molecule has 2 unspecified atom stereocenters. The van der Waals surface area contributed by atoms with Gasteiger partial charge in [-0.15, -0.1) is 0 Å². The van der Waals surface area contributed by atoms with Gasteiger partial charge in [0.2, 0.25) is 0 Å². The van der Waals surface area contributed by atoms with E-state index in [9.17, 15) is 9.59 Å². The first-order valence-corrected chi connectivity index (χ1v) is 7.99. The molecular formula is C15H16O3Se. The van der Waals surface area contributed by atoms with E-state index in [0.29, 0.717) is 0 Å². The molecule has 0 saturated carbocycles. The Morgan fingerprint density at radius 1 is 1.26 bits per heavy atom. The first-order chi connectivity index (χ1) is 9.16. The molecule has 3 nitrogen and oxygen atoms in total. The van der Waals surface area contributed by atoms with Gasteiger partial charge in [-0.05, 0) is 0 Å². The molecule has 0 saturated heterocycles. The predicted molar refractivity (Wildman–Crippen MR) is 74.3 cm³/mol. The molecule has 2 atom stereocenters. The van der Waals surface area contributed by atoms with Gasteiger partial charge < -0.3 is 0 Å². The molecule has 1 aromatic rings. The third-order valence-electron chi connectivity index (χ3n) is 2.93. The van der Waals surface area contributed by atoms with Crippen LogP contribution < -0.4 is 4.46 Å². The summed E-state index contributed by atoms with van der Waals surface area (Å²) in [5, 5.41) is 0. The van der Waals surface area contributed by atoms with Crippen LogP contribution in [0.4, 0.5) is 0 Å². The van der Waals surface area contributed by atoms with Gasteiger partial charge in [0.1, 0.15) is 0 Å². The van der Waals surface area contributed by atoms with Gasteiger partial charge in [0.05, 0.1) is 0 Å². The Morgan fingerprint density at radius 3 is 2.68 bits per heavy atom. The molecule has 0 bridgehead atoms. The minimum atomic E-state index is -0.385. The summed E-state index contributed by atoms with van der Waals surface area (Å²) >= 11 is -0.213. The quantitative estimate of drug-likeness (QED) is 0.478. The Bertz CT molecular complexity index is 481. The fourth-order valence-corrected chi connectivity index (χ4v) is 4.00. The predicted octanol–water partition coefficient (Wildman–Crippen LogP) is 1.44. The van der Waals surface area contributed by atoms with Gasteiger partial charge in [-0.2, -0.15) is 0 Å². The fourth-order valence-electron chi connectivity index (χ4n) is 2.05. The zero-order valence-electron chi connectivity index (χ0n) is 10.7. The fraction of sp³-hybridized carbons (Fsp3) is 0.333. The van der Waals surface area contributed by atoms with Crippen molar-refractivity contribution < 1.29 is 14.3 Å². The summed E-state index contributed by atoms with van der Waals surface area (Å²) in [6.45, 7) is 1.38. The van der Waals surface area contributed by atoms with Gasteiger partial charge >= 0.3 is 119 Å². The maximum absolute atomic E-state index is 12.4. The van der Waals surface area contributed by atoms with Gasteiger partial charge in [0.25, 0.3) is 0 Å². The summed E-state index contributed by atoms with van der Waals surface area (Å²) in [7, 11) is 0. The van der Waals surface area contributed by atoms with E-state index in [-0.39, 0.29) is 37.6 Å². The number of hydrogen-bond acceptors (Lipinski definition) is 3. The average Bonchev–Trinajstić information content (AvgIpc) is 2.39. The second-order valence-corrected chi connectivity index (χ2v) is 6.68. The van der Waals surface area contributed by atoms with Crippen LogP contribution in [-0.4, -0.2) is 31.7 Å². The van der Waals surface area contributed by atoms with E-state index in [0.717, 1.165) is 17.3 Å².